The molecule has 0 fully saturated rings. The second kappa shape index (κ2) is 6.39. The standard InChI is InChI=1S/C16H15FN8O/c1-9(11-5-10(17)3-4-18-11)25-16-12(7-20-25)19-8-14(22-16)21-13-6-15(26-2)24-23-13/h3-9H,1-2H3,(H2,21,22,23,24)/t9-/m1/s1. The summed E-state index contributed by atoms with van der Waals surface area (Å²) in [6, 6.07) is 4.07. The summed E-state index contributed by atoms with van der Waals surface area (Å²) in [6.07, 6.45) is 4.62. The molecule has 0 aliphatic rings. The maximum absolute atomic E-state index is 13.5. The fourth-order valence-electron chi connectivity index (χ4n) is 2.54. The van der Waals surface area contributed by atoms with Crippen molar-refractivity contribution in [3.05, 3.63) is 48.3 Å². The van der Waals surface area contributed by atoms with E-state index in [-0.39, 0.29) is 11.9 Å². The molecule has 0 saturated heterocycles. The number of hydrogen-bond donors (Lipinski definition) is 2. The molecule has 9 nitrogen and oxygen atoms in total. The van der Waals surface area contributed by atoms with Gasteiger partial charge in [0, 0.05) is 12.3 Å². The maximum Gasteiger partial charge on any atom is 0.210 e. The van der Waals surface area contributed by atoms with Crippen LogP contribution in [0.25, 0.3) is 11.2 Å². The van der Waals surface area contributed by atoms with Crippen molar-refractivity contribution in [1.29, 1.82) is 0 Å². The average molecular weight is 354 g/mol. The minimum Gasteiger partial charge on any atom is -0.481 e. The molecular formula is C16H15FN8O. The van der Waals surface area contributed by atoms with Gasteiger partial charge in [-0.3, -0.25) is 4.98 Å². The number of aromatic nitrogens is 7. The number of pyridine rings is 1. The van der Waals surface area contributed by atoms with Crippen LogP contribution < -0.4 is 10.1 Å². The lowest BCUT2D eigenvalue weighted by Crippen LogP contribution is -2.11. The molecule has 0 amide bonds. The van der Waals surface area contributed by atoms with Crippen molar-refractivity contribution in [2.24, 2.45) is 0 Å². The van der Waals surface area contributed by atoms with Crippen LogP contribution in [0.4, 0.5) is 16.0 Å². The van der Waals surface area contributed by atoms with Crippen LogP contribution in [0.5, 0.6) is 5.88 Å². The van der Waals surface area contributed by atoms with Gasteiger partial charge in [-0.15, -0.1) is 0 Å². The molecular weight excluding hydrogens is 339 g/mol. The minimum atomic E-state index is -0.348. The molecule has 1 atom stereocenters. The molecule has 2 N–H and O–H groups in total. The van der Waals surface area contributed by atoms with Crippen LogP contribution in [-0.4, -0.2) is 42.0 Å². The normalized spacial score (nSPS) is 12.3. The van der Waals surface area contributed by atoms with Gasteiger partial charge in [0.1, 0.15) is 11.3 Å². The first-order valence-electron chi connectivity index (χ1n) is 7.82. The molecule has 0 aromatic carbocycles. The number of fused-ring (bicyclic) bond motifs is 1. The summed E-state index contributed by atoms with van der Waals surface area (Å²) in [5.74, 6) is 1.21. The van der Waals surface area contributed by atoms with Crippen molar-refractivity contribution in [1.82, 2.24) is 34.9 Å². The third-order valence-electron chi connectivity index (χ3n) is 3.87. The lowest BCUT2D eigenvalue weighted by Gasteiger charge is -2.12. The highest BCUT2D eigenvalue weighted by molar-refractivity contribution is 5.72. The van der Waals surface area contributed by atoms with Gasteiger partial charge >= 0.3 is 0 Å². The van der Waals surface area contributed by atoms with Crippen molar-refractivity contribution in [3.8, 4) is 5.88 Å². The number of methoxy groups -OCH3 is 1. The number of ether oxygens (including phenoxy) is 1. The van der Waals surface area contributed by atoms with E-state index in [9.17, 15) is 4.39 Å². The third-order valence-corrected chi connectivity index (χ3v) is 3.87. The van der Waals surface area contributed by atoms with Gasteiger partial charge in [-0.25, -0.2) is 24.1 Å². The Morgan fingerprint density at radius 3 is 2.88 bits per heavy atom. The first-order valence-corrected chi connectivity index (χ1v) is 7.82. The number of hydrogen-bond acceptors (Lipinski definition) is 7. The Bertz CT molecular complexity index is 1060. The summed E-state index contributed by atoms with van der Waals surface area (Å²) >= 11 is 0. The Morgan fingerprint density at radius 2 is 2.12 bits per heavy atom. The van der Waals surface area contributed by atoms with Gasteiger partial charge in [0.25, 0.3) is 0 Å². The number of nitrogens with one attached hydrogen (secondary N) is 2. The van der Waals surface area contributed by atoms with Crippen LogP contribution >= 0.6 is 0 Å². The molecule has 10 heteroatoms. The summed E-state index contributed by atoms with van der Waals surface area (Å²) in [6.45, 7) is 1.87. The molecule has 4 heterocycles. The number of anilines is 2. The number of nitrogens with zero attached hydrogens (tertiary/aromatic N) is 6. The van der Waals surface area contributed by atoms with Crippen LogP contribution in [0.2, 0.25) is 0 Å². The lowest BCUT2D eigenvalue weighted by molar-refractivity contribution is 0.397. The highest BCUT2D eigenvalue weighted by Crippen LogP contribution is 2.22. The smallest absolute Gasteiger partial charge is 0.210 e. The average Bonchev–Trinajstić information content (AvgIpc) is 3.27. The van der Waals surface area contributed by atoms with E-state index in [1.165, 1.54) is 18.3 Å². The van der Waals surface area contributed by atoms with Crippen LogP contribution in [-0.2, 0) is 0 Å². The van der Waals surface area contributed by atoms with E-state index in [0.29, 0.717) is 34.4 Å². The Hall–Kier alpha value is -3.56. The molecule has 0 aliphatic carbocycles. The summed E-state index contributed by atoms with van der Waals surface area (Å²) < 4.78 is 20.2. The van der Waals surface area contributed by atoms with Crippen molar-refractivity contribution in [2.75, 3.05) is 12.4 Å². The van der Waals surface area contributed by atoms with Crippen molar-refractivity contribution >= 4 is 22.8 Å². The van der Waals surface area contributed by atoms with Gasteiger partial charge in [-0.05, 0) is 19.1 Å². The van der Waals surface area contributed by atoms with Gasteiger partial charge in [0.05, 0.1) is 31.2 Å². The van der Waals surface area contributed by atoms with Crippen molar-refractivity contribution in [3.63, 3.8) is 0 Å². The van der Waals surface area contributed by atoms with Crippen molar-refractivity contribution in [2.45, 2.75) is 13.0 Å². The molecule has 4 aromatic rings. The molecule has 0 spiro atoms. The van der Waals surface area contributed by atoms with Crippen LogP contribution in [0.1, 0.15) is 18.7 Å². The van der Waals surface area contributed by atoms with Gasteiger partial charge in [0.15, 0.2) is 17.3 Å². The third kappa shape index (κ3) is 2.92. The van der Waals surface area contributed by atoms with Crippen LogP contribution in [0.3, 0.4) is 0 Å². The van der Waals surface area contributed by atoms with E-state index in [4.69, 9.17) is 4.74 Å². The first kappa shape index (κ1) is 15.9. The molecule has 0 aliphatic heterocycles. The molecule has 0 bridgehead atoms. The fourth-order valence-corrected chi connectivity index (χ4v) is 2.54. The Morgan fingerprint density at radius 1 is 1.23 bits per heavy atom. The molecule has 26 heavy (non-hydrogen) atoms. The Kier molecular flexibility index (Phi) is 3.92. The predicted octanol–water partition coefficient (Wildman–Crippen LogP) is 2.44. The van der Waals surface area contributed by atoms with E-state index in [0.717, 1.165) is 0 Å². The molecule has 4 rings (SSSR count). The Labute approximate surface area is 147 Å². The van der Waals surface area contributed by atoms with Gasteiger partial charge in [-0.1, -0.05) is 0 Å². The second-order valence-electron chi connectivity index (χ2n) is 5.57. The van der Waals surface area contributed by atoms with E-state index >= 15 is 0 Å². The molecule has 4 aromatic heterocycles. The van der Waals surface area contributed by atoms with Crippen LogP contribution in [0, 0.1) is 5.82 Å². The number of rotatable bonds is 5. The minimum absolute atomic E-state index is 0.307. The molecule has 132 valence electrons. The second-order valence-corrected chi connectivity index (χ2v) is 5.57. The van der Waals surface area contributed by atoms with E-state index in [1.807, 2.05) is 6.92 Å². The highest BCUT2D eigenvalue weighted by atomic mass is 19.1. The zero-order valence-electron chi connectivity index (χ0n) is 14.0. The molecule has 0 radical (unpaired) electrons. The number of H-pyrrole nitrogens is 1. The zero-order chi connectivity index (χ0) is 18.1. The zero-order valence-corrected chi connectivity index (χ0v) is 14.0. The summed E-state index contributed by atoms with van der Waals surface area (Å²) in [7, 11) is 1.55. The molecule has 0 saturated carbocycles. The SMILES string of the molecule is COc1cc(Nc2cnc3cnn([C@H](C)c4cc(F)ccn4)c3n2)n[nH]1. The number of halogens is 1. The van der Waals surface area contributed by atoms with E-state index < -0.39 is 0 Å². The fraction of sp³-hybridized carbons (Fsp3) is 0.188. The molecule has 0 unspecified atom stereocenters. The largest absolute Gasteiger partial charge is 0.481 e. The van der Waals surface area contributed by atoms with E-state index in [2.05, 4.69) is 35.6 Å². The van der Waals surface area contributed by atoms with Gasteiger partial charge < -0.3 is 10.1 Å². The predicted molar refractivity (Wildman–Crippen MR) is 91.8 cm³/mol. The summed E-state index contributed by atoms with van der Waals surface area (Å²) in [4.78, 5) is 13.1. The first-order chi connectivity index (χ1) is 12.6. The lowest BCUT2D eigenvalue weighted by atomic mass is 10.2. The number of aromatic amines is 1. The topological polar surface area (TPSA) is 106 Å². The summed E-state index contributed by atoms with van der Waals surface area (Å²) in [5.41, 5.74) is 1.72. The maximum atomic E-state index is 13.5. The van der Waals surface area contributed by atoms with Gasteiger partial charge in [-0.2, -0.15) is 10.2 Å². The van der Waals surface area contributed by atoms with E-state index in [1.54, 1.807) is 30.3 Å². The van der Waals surface area contributed by atoms with Crippen LogP contribution in [0.15, 0.2) is 36.8 Å². The van der Waals surface area contributed by atoms with Gasteiger partial charge in [0.2, 0.25) is 5.88 Å². The summed E-state index contributed by atoms with van der Waals surface area (Å²) in [5, 5.41) is 14.2. The monoisotopic (exact) mass is 354 g/mol. The quantitative estimate of drug-likeness (QED) is 0.567. The highest BCUT2D eigenvalue weighted by Gasteiger charge is 2.16. The Balaban J connectivity index is 1.68. The van der Waals surface area contributed by atoms with Crippen molar-refractivity contribution < 1.29 is 9.13 Å².